The van der Waals surface area contributed by atoms with Crippen LogP contribution in [0, 0.1) is 11.3 Å². The molecule has 5 nitrogen and oxygen atoms in total. The first-order valence-corrected chi connectivity index (χ1v) is 7.29. The van der Waals surface area contributed by atoms with E-state index in [2.05, 4.69) is 10.0 Å². The summed E-state index contributed by atoms with van der Waals surface area (Å²) in [5.74, 6) is 0. The number of halogens is 1. The largest absolute Gasteiger partial charge is 0.315 e. The lowest BCUT2D eigenvalue weighted by Gasteiger charge is -2.07. The third kappa shape index (κ3) is 6.03. The van der Waals surface area contributed by atoms with Crippen molar-refractivity contribution in [3.63, 3.8) is 0 Å². The van der Waals surface area contributed by atoms with E-state index in [-0.39, 0.29) is 17.3 Å². The van der Waals surface area contributed by atoms with Crippen molar-refractivity contribution in [2.45, 2.75) is 18.2 Å². The fourth-order valence-electron chi connectivity index (χ4n) is 1.37. The summed E-state index contributed by atoms with van der Waals surface area (Å²) < 4.78 is 26.2. The van der Waals surface area contributed by atoms with Crippen LogP contribution in [-0.2, 0) is 10.0 Å². The van der Waals surface area contributed by atoms with Crippen LogP contribution in [0.4, 0.5) is 0 Å². The Bertz CT molecular complexity index is 509. The fourth-order valence-corrected chi connectivity index (χ4v) is 2.40. The van der Waals surface area contributed by atoms with Crippen LogP contribution in [0.2, 0.25) is 0 Å². The summed E-state index contributed by atoms with van der Waals surface area (Å²) in [6.07, 6.45) is 1.02. The van der Waals surface area contributed by atoms with E-state index in [1.807, 2.05) is 13.0 Å². The standard InChI is InChI=1S/C12H17N3O2S.ClH/c1-2-7-14-8-9-15-18(16,17)12-5-3-11(10-13)4-6-12;/h3-6,14-15H,2,7-9H2,1H3;1H. The van der Waals surface area contributed by atoms with E-state index >= 15 is 0 Å². The molecule has 0 amide bonds. The highest BCUT2D eigenvalue weighted by Gasteiger charge is 2.12. The Morgan fingerprint density at radius 3 is 2.32 bits per heavy atom. The van der Waals surface area contributed by atoms with Crippen LogP contribution in [0.5, 0.6) is 0 Å². The molecule has 0 aromatic heterocycles. The molecule has 0 aliphatic heterocycles. The third-order valence-electron chi connectivity index (χ3n) is 2.31. The van der Waals surface area contributed by atoms with E-state index in [1.54, 1.807) is 0 Å². The van der Waals surface area contributed by atoms with Crippen LogP contribution in [0.15, 0.2) is 29.2 Å². The van der Waals surface area contributed by atoms with Gasteiger partial charge in [-0.1, -0.05) is 6.92 Å². The van der Waals surface area contributed by atoms with E-state index in [4.69, 9.17) is 5.26 Å². The topological polar surface area (TPSA) is 82.0 Å². The lowest BCUT2D eigenvalue weighted by Crippen LogP contribution is -2.32. The predicted molar refractivity (Wildman–Crippen MR) is 76.8 cm³/mol. The summed E-state index contributed by atoms with van der Waals surface area (Å²) in [5, 5.41) is 11.7. The van der Waals surface area contributed by atoms with Gasteiger partial charge in [0.2, 0.25) is 10.0 Å². The predicted octanol–water partition coefficient (Wildman–Crippen LogP) is 1.26. The van der Waals surface area contributed by atoms with Gasteiger partial charge in [0.1, 0.15) is 0 Å². The second-order valence-corrected chi connectivity index (χ2v) is 5.55. The molecule has 0 unspecified atom stereocenters. The van der Waals surface area contributed by atoms with E-state index < -0.39 is 10.0 Å². The van der Waals surface area contributed by atoms with Crippen molar-refractivity contribution in [1.82, 2.24) is 10.0 Å². The molecule has 0 radical (unpaired) electrons. The van der Waals surface area contributed by atoms with Crippen LogP contribution >= 0.6 is 12.4 Å². The van der Waals surface area contributed by atoms with Gasteiger partial charge in [-0.25, -0.2) is 13.1 Å². The van der Waals surface area contributed by atoms with Gasteiger partial charge in [-0.2, -0.15) is 5.26 Å². The Morgan fingerprint density at radius 2 is 1.79 bits per heavy atom. The number of nitriles is 1. The maximum Gasteiger partial charge on any atom is 0.240 e. The van der Waals surface area contributed by atoms with Gasteiger partial charge in [0.25, 0.3) is 0 Å². The van der Waals surface area contributed by atoms with Crippen LogP contribution in [-0.4, -0.2) is 28.1 Å². The summed E-state index contributed by atoms with van der Waals surface area (Å²) in [6, 6.07) is 7.79. The van der Waals surface area contributed by atoms with E-state index in [0.717, 1.165) is 13.0 Å². The monoisotopic (exact) mass is 303 g/mol. The van der Waals surface area contributed by atoms with E-state index in [9.17, 15) is 8.42 Å². The van der Waals surface area contributed by atoms with E-state index in [1.165, 1.54) is 24.3 Å². The molecule has 0 aliphatic rings. The first-order valence-electron chi connectivity index (χ1n) is 5.80. The quantitative estimate of drug-likeness (QED) is 0.743. The van der Waals surface area contributed by atoms with Crippen molar-refractivity contribution in [2.24, 2.45) is 0 Å². The summed E-state index contributed by atoms with van der Waals surface area (Å²) in [6.45, 7) is 3.87. The van der Waals surface area contributed by atoms with Gasteiger partial charge in [0.15, 0.2) is 0 Å². The molecule has 1 rings (SSSR count). The van der Waals surface area contributed by atoms with Crippen molar-refractivity contribution in [3.8, 4) is 6.07 Å². The second-order valence-electron chi connectivity index (χ2n) is 3.78. The maximum atomic E-state index is 11.8. The van der Waals surface area contributed by atoms with Crippen LogP contribution < -0.4 is 10.0 Å². The molecule has 0 atom stereocenters. The molecule has 0 saturated heterocycles. The number of nitrogens with one attached hydrogen (secondary N) is 2. The molecule has 7 heteroatoms. The molecule has 0 saturated carbocycles. The minimum Gasteiger partial charge on any atom is -0.315 e. The Hall–Kier alpha value is -1.13. The van der Waals surface area contributed by atoms with Gasteiger partial charge >= 0.3 is 0 Å². The lowest BCUT2D eigenvalue weighted by molar-refractivity contribution is 0.575. The normalized spacial score (nSPS) is 10.5. The molecule has 1 aromatic carbocycles. The average molecular weight is 304 g/mol. The zero-order valence-corrected chi connectivity index (χ0v) is 12.4. The Labute approximate surface area is 120 Å². The van der Waals surface area contributed by atoms with Gasteiger partial charge < -0.3 is 5.32 Å². The summed E-state index contributed by atoms with van der Waals surface area (Å²) >= 11 is 0. The van der Waals surface area contributed by atoms with Crippen molar-refractivity contribution in [3.05, 3.63) is 29.8 Å². The highest BCUT2D eigenvalue weighted by Crippen LogP contribution is 2.09. The maximum absolute atomic E-state index is 11.8. The second kappa shape index (κ2) is 8.88. The smallest absolute Gasteiger partial charge is 0.240 e. The van der Waals surface area contributed by atoms with E-state index in [0.29, 0.717) is 18.7 Å². The Kier molecular flexibility index (Phi) is 8.35. The Morgan fingerprint density at radius 1 is 1.16 bits per heavy atom. The van der Waals surface area contributed by atoms with Crippen molar-refractivity contribution in [2.75, 3.05) is 19.6 Å². The van der Waals surface area contributed by atoms with Crippen LogP contribution in [0.1, 0.15) is 18.9 Å². The number of hydrogen-bond acceptors (Lipinski definition) is 4. The molecule has 2 N–H and O–H groups in total. The highest BCUT2D eigenvalue weighted by molar-refractivity contribution is 7.89. The van der Waals surface area contributed by atoms with Crippen LogP contribution in [0.25, 0.3) is 0 Å². The molecule has 0 fully saturated rings. The highest BCUT2D eigenvalue weighted by atomic mass is 35.5. The van der Waals surface area contributed by atoms with Gasteiger partial charge in [-0.15, -0.1) is 12.4 Å². The SMILES string of the molecule is CCCNCCNS(=O)(=O)c1ccc(C#N)cc1.Cl. The lowest BCUT2D eigenvalue weighted by atomic mass is 10.2. The fraction of sp³-hybridized carbons (Fsp3) is 0.417. The summed E-state index contributed by atoms with van der Waals surface area (Å²) in [4.78, 5) is 0.178. The minimum atomic E-state index is -3.47. The van der Waals surface area contributed by atoms with Gasteiger partial charge in [0.05, 0.1) is 16.5 Å². The molecule has 0 bridgehead atoms. The van der Waals surface area contributed by atoms with Gasteiger partial charge in [-0.3, -0.25) is 0 Å². The molecule has 0 heterocycles. The molecule has 0 aliphatic carbocycles. The van der Waals surface area contributed by atoms with Gasteiger partial charge in [0, 0.05) is 13.1 Å². The number of sulfonamides is 1. The molecule has 19 heavy (non-hydrogen) atoms. The molecule has 1 aromatic rings. The summed E-state index contributed by atoms with van der Waals surface area (Å²) in [5.41, 5.74) is 0.443. The Balaban J connectivity index is 0.00000324. The van der Waals surface area contributed by atoms with Crippen LogP contribution in [0.3, 0.4) is 0 Å². The molecular formula is C12H18ClN3O2S. The average Bonchev–Trinajstić information content (AvgIpc) is 2.38. The molecular weight excluding hydrogens is 286 g/mol. The molecule has 106 valence electrons. The number of hydrogen-bond donors (Lipinski definition) is 2. The van der Waals surface area contributed by atoms with Crippen molar-refractivity contribution >= 4 is 22.4 Å². The first-order chi connectivity index (χ1) is 8.60. The molecule has 0 spiro atoms. The zero-order valence-electron chi connectivity index (χ0n) is 10.7. The number of rotatable bonds is 7. The summed E-state index contributed by atoms with van der Waals surface area (Å²) in [7, 11) is -3.47. The minimum absolute atomic E-state index is 0. The third-order valence-corrected chi connectivity index (χ3v) is 3.79. The zero-order chi connectivity index (χ0) is 13.4. The van der Waals surface area contributed by atoms with Gasteiger partial charge in [-0.05, 0) is 37.2 Å². The van der Waals surface area contributed by atoms with Crippen molar-refractivity contribution in [1.29, 1.82) is 5.26 Å². The number of nitrogens with zero attached hydrogens (tertiary/aromatic N) is 1. The first kappa shape index (κ1) is 17.9. The number of benzene rings is 1. The van der Waals surface area contributed by atoms with Crippen molar-refractivity contribution < 1.29 is 8.42 Å².